The summed E-state index contributed by atoms with van der Waals surface area (Å²) >= 11 is 0. The molecule has 0 amide bonds. The molecule has 216 valence electrons. The number of pyridine rings is 1. The Morgan fingerprint density at radius 2 is 1.15 bits per heavy atom. The average Bonchev–Trinajstić information content (AvgIpc) is 3.42. The number of rotatable bonds is 4. The van der Waals surface area contributed by atoms with Gasteiger partial charge in [0.2, 0.25) is 0 Å². The summed E-state index contributed by atoms with van der Waals surface area (Å²) in [7, 11) is 0. The van der Waals surface area contributed by atoms with Gasteiger partial charge in [-0.15, -0.1) is 0 Å². The van der Waals surface area contributed by atoms with Gasteiger partial charge in [-0.1, -0.05) is 109 Å². The molecule has 9 rings (SSSR count). The second-order valence-electron chi connectivity index (χ2n) is 11.8. The van der Waals surface area contributed by atoms with Crippen LogP contribution < -0.4 is 0 Å². The molecule has 0 radical (unpaired) electrons. The van der Waals surface area contributed by atoms with Crippen LogP contribution in [0, 0.1) is 0 Å². The third-order valence-corrected chi connectivity index (χ3v) is 9.27. The van der Waals surface area contributed by atoms with Crippen molar-refractivity contribution in [3.63, 3.8) is 0 Å². The lowest BCUT2D eigenvalue weighted by Gasteiger charge is -2.33. The van der Waals surface area contributed by atoms with Crippen molar-refractivity contribution >= 4 is 21.7 Å². The Kier molecular flexibility index (Phi) is 5.84. The predicted molar refractivity (Wildman–Crippen MR) is 185 cm³/mol. The Morgan fingerprint density at radius 3 is 1.91 bits per heavy atom. The quantitative estimate of drug-likeness (QED) is 0.208. The summed E-state index contributed by atoms with van der Waals surface area (Å²) in [5, 5.41) is 14.1. The molecule has 0 saturated heterocycles. The molecule has 8 aromatic rings. The highest BCUT2D eigenvalue weighted by Crippen LogP contribution is 2.56. The van der Waals surface area contributed by atoms with Gasteiger partial charge in [0.1, 0.15) is 5.75 Å². The molecule has 4 nitrogen and oxygen atoms in total. The number of phenolic OH excluding ortho intramolecular Hbond substituents is 1. The van der Waals surface area contributed by atoms with Gasteiger partial charge < -0.3 is 5.11 Å². The summed E-state index contributed by atoms with van der Waals surface area (Å²) in [5.74, 6) is 0.881. The second-order valence-corrected chi connectivity index (χ2v) is 11.8. The number of aromatic hydroxyl groups is 1. The van der Waals surface area contributed by atoms with Crippen molar-refractivity contribution in [2.45, 2.75) is 5.41 Å². The second kappa shape index (κ2) is 10.2. The van der Waals surface area contributed by atoms with Crippen LogP contribution >= 0.6 is 0 Å². The van der Waals surface area contributed by atoms with Crippen LogP contribution in [0.5, 0.6) is 5.75 Å². The van der Waals surface area contributed by atoms with Crippen molar-refractivity contribution in [1.29, 1.82) is 0 Å². The van der Waals surface area contributed by atoms with Crippen LogP contribution in [0.25, 0.3) is 55.4 Å². The molecule has 1 N–H and O–H groups in total. The van der Waals surface area contributed by atoms with Gasteiger partial charge in [0, 0.05) is 22.7 Å². The Hall–Kier alpha value is -6.13. The standard InChI is InChI=1S/C42H27N3O/c46-39-21-8-5-17-34(39)37-20-10-22-40(44-37)42(35-18-6-3-15-32(35)33-16-4-7-19-36(33)42)31-14-9-13-29(24-31)41-43-26-30-23-27-11-1-2-12-28(27)25-38(30)45-41/h1-26,46H. The number of aromatic nitrogens is 3. The van der Waals surface area contributed by atoms with Crippen molar-refractivity contribution in [3.05, 3.63) is 180 Å². The minimum atomic E-state index is -0.712. The van der Waals surface area contributed by atoms with E-state index in [1.54, 1.807) is 6.07 Å². The maximum atomic E-state index is 10.8. The molecule has 0 bridgehead atoms. The van der Waals surface area contributed by atoms with Crippen molar-refractivity contribution in [2.24, 2.45) is 0 Å². The number of hydrogen-bond acceptors (Lipinski definition) is 4. The van der Waals surface area contributed by atoms with Gasteiger partial charge in [-0.25, -0.2) is 9.97 Å². The molecule has 1 aliphatic rings. The SMILES string of the molecule is Oc1ccccc1-c1cccc(C2(c3cccc(-c4ncc5cc6ccccc6cc5n4)c3)c3ccccc3-c3ccccc32)n1. The van der Waals surface area contributed by atoms with E-state index in [0.29, 0.717) is 11.4 Å². The number of para-hydroxylation sites is 1. The van der Waals surface area contributed by atoms with Crippen LogP contribution in [-0.2, 0) is 5.41 Å². The van der Waals surface area contributed by atoms with Crippen LogP contribution in [-0.4, -0.2) is 20.1 Å². The smallest absolute Gasteiger partial charge is 0.159 e. The lowest BCUT2D eigenvalue weighted by Crippen LogP contribution is -2.30. The monoisotopic (exact) mass is 589 g/mol. The zero-order chi connectivity index (χ0) is 30.7. The van der Waals surface area contributed by atoms with Crippen LogP contribution in [0.2, 0.25) is 0 Å². The molecule has 0 unspecified atom stereocenters. The van der Waals surface area contributed by atoms with Crippen molar-refractivity contribution in [2.75, 3.05) is 0 Å². The van der Waals surface area contributed by atoms with Crippen molar-refractivity contribution in [3.8, 4) is 39.5 Å². The number of nitrogens with zero attached hydrogens (tertiary/aromatic N) is 3. The van der Waals surface area contributed by atoms with Gasteiger partial charge in [-0.3, -0.25) is 4.98 Å². The molecule has 46 heavy (non-hydrogen) atoms. The van der Waals surface area contributed by atoms with Crippen molar-refractivity contribution in [1.82, 2.24) is 15.0 Å². The van der Waals surface area contributed by atoms with Crippen LogP contribution in [0.3, 0.4) is 0 Å². The van der Waals surface area contributed by atoms with Crippen molar-refractivity contribution < 1.29 is 5.11 Å². The van der Waals surface area contributed by atoms with Crippen LogP contribution in [0.4, 0.5) is 0 Å². The first kappa shape index (κ1) is 26.3. The Morgan fingerprint density at radius 1 is 0.500 bits per heavy atom. The zero-order valence-corrected chi connectivity index (χ0v) is 24.8. The molecule has 6 aromatic carbocycles. The first-order valence-corrected chi connectivity index (χ1v) is 15.4. The van der Waals surface area contributed by atoms with E-state index in [9.17, 15) is 5.11 Å². The molecule has 2 aromatic heterocycles. The first-order chi connectivity index (χ1) is 22.7. The van der Waals surface area contributed by atoms with E-state index in [1.165, 1.54) is 27.6 Å². The van der Waals surface area contributed by atoms with Crippen LogP contribution in [0.15, 0.2) is 158 Å². The molecular weight excluding hydrogens is 562 g/mol. The topological polar surface area (TPSA) is 58.9 Å². The summed E-state index contributed by atoms with van der Waals surface area (Å²) in [6.45, 7) is 0. The highest BCUT2D eigenvalue weighted by molar-refractivity contribution is 5.96. The van der Waals surface area contributed by atoms with E-state index in [-0.39, 0.29) is 5.75 Å². The molecule has 1 aliphatic carbocycles. The Bertz CT molecular complexity index is 2420. The molecular formula is C42H27N3O. The van der Waals surface area contributed by atoms with E-state index in [1.807, 2.05) is 36.5 Å². The minimum Gasteiger partial charge on any atom is -0.507 e. The summed E-state index contributed by atoms with van der Waals surface area (Å²) in [6, 6.07) is 51.9. The maximum absolute atomic E-state index is 10.8. The third-order valence-electron chi connectivity index (χ3n) is 9.27. The normalized spacial score (nSPS) is 13.0. The van der Waals surface area contributed by atoms with Gasteiger partial charge >= 0.3 is 0 Å². The molecule has 0 spiro atoms. The van der Waals surface area contributed by atoms with Gasteiger partial charge in [-0.2, -0.15) is 0 Å². The molecule has 0 aliphatic heterocycles. The van der Waals surface area contributed by atoms with Gasteiger partial charge in [0.15, 0.2) is 5.82 Å². The summed E-state index contributed by atoms with van der Waals surface area (Å²) in [6.07, 6.45) is 1.92. The number of phenols is 1. The first-order valence-electron chi connectivity index (χ1n) is 15.4. The fourth-order valence-corrected chi connectivity index (χ4v) is 7.20. The molecule has 0 fully saturated rings. The largest absolute Gasteiger partial charge is 0.507 e. The van der Waals surface area contributed by atoms with Gasteiger partial charge in [-0.05, 0) is 81.1 Å². The van der Waals surface area contributed by atoms with E-state index >= 15 is 0 Å². The third kappa shape index (κ3) is 3.90. The number of hydrogen-bond donors (Lipinski definition) is 1. The highest BCUT2D eigenvalue weighted by Gasteiger charge is 2.47. The molecule has 2 heterocycles. The van der Waals surface area contributed by atoms with Gasteiger partial charge in [0.25, 0.3) is 0 Å². The number of benzene rings is 6. The summed E-state index contributed by atoms with van der Waals surface area (Å²) in [5.41, 5.74) is 9.23. The summed E-state index contributed by atoms with van der Waals surface area (Å²) in [4.78, 5) is 15.2. The average molecular weight is 590 g/mol. The zero-order valence-electron chi connectivity index (χ0n) is 24.8. The Balaban J connectivity index is 1.29. The molecule has 0 saturated carbocycles. The Labute approximate surface area is 266 Å². The van der Waals surface area contributed by atoms with E-state index in [0.717, 1.165) is 38.8 Å². The predicted octanol–water partition coefficient (Wildman–Crippen LogP) is 9.58. The van der Waals surface area contributed by atoms with E-state index in [2.05, 4.69) is 115 Å². The van der Waals surface area contributed by atoms with E-state index < -0.39 is 5.41 Å². The molecule has 4 heteroatoms. The van der Waals surface area contributed by atoms with Crippen LogP contribution in [0.1, 0.15) is 22.4 Å². The maximum Gasteiger partial charge on any atom is 0.159 e. The lowest BCUT2D eigenvalue weighted by atomic mass is 9.69. The lowest BCUT2D eigenvalue weighted by molar-refractivity contribution is 0.477. The summed E-state index contributed by atoms with van der Waals surface area (Å²) < 4.78 is 0. The van der Waals surface area contributed by atoms with Gasteiger partial charge in [0.05, 0.1) is 22.3 Å². The molecule has 0 atom stereocenters. The minimum absolute atomic E-state index is 0.205. The number of fused-ring (bicyclic) bond motifs is 5. The fraction of sp³-hybridized carbons (Fsp3) is 0.0238. The fourth-order valence-electron chi connectivity index (χ4n) is 7.20. The highest BCUT2D eigenvalue weighted by atomic mass is 16.3. The van der Waals surface area contributed by atoms with E-state index in [4.69, 9.17) is 15.0 Å².